The molecule has 0 radical (unpaired) electrons. The van der Waals surface area contributed by atoms with Crippen LogP contribution in [-0.4, -0.2) is 30.3 Å². The van der Waals surface area contributed by atoms with E-state index in [2.05, 4.69) is 24.1 Å². The summed E-state index contributed by atoms with van der Waals surface area (Å²) in [6.07, 6.45) is 0.639. The maximum absolute atomic E-state index is 12.8. The van der Waals surface area contributed by atoms with Crippen LogP contribution in [0.5, 0.6) is 0 Å². The number of nitrogens with one attached hydrogen (secondary N) is 1. The molecule has 0 aromatic carbocycles. The van der Waals surface area contributed by atoms with Crippen molar-refractivity contribution >= 4 is 5.69 Å². The maximum Gasteiger partial charge on any atom is 0.405 e. The third-order valence-corrected chi connectivity index (χ3v) is 3.40. The van der Waals surface area contributed by atoms with Gasteiger partial charge in [0, 0.05) is 18.8 Å². The molecule has 1 fully saturated rings. The summed E-state index contributed by atoms with van der Waals surface area (Å²) in [6, 6.07) is 1.80. The van der Waals surface area contributed by atoms with Gasteiger partial charge in [-0.15, -0.1) is 0 Å². The zero-order chi connectivity index (χ0) is 15.5. The molecule has 1 aromatic rings. The lowest BCUT2D eigenvalue weighted by atomic mass is 10.1. The lowest BCUT2D eigenvalue weighted by molar-refractivity contribution is -0.120. The van der Waals surface area contributed by atoms with Gasteiger partial charge < -0.3 is 10.2 Å². The van der Waals surface area contributed by atoms with E-state index in [1.165, 1.54) is 4.90 Å². The molecule has 1 heterocycles. The van der Waals surface area contributed by atoms with Crippen molar-refractivity contribution < 1.29 is 13.2 Å². The van der Waals surface area contributed by atoms with E-state index in [0.29, 0.717) is 18.2 Å². The number of anilines is 1. The Hall–Kier alpha value is -1.30. The Labute approximate surface area is 123 Å². The minimum absolute atomic E-state index is 0.000302. The van der Waals surface area contributed by atoms with Crippen LogP contribution in [0.2, 0.25) is 0 Å². The first kappa shape index (κ1) is 16.1. The summed E-state index contributed by atoms with van der Waals surface area (Å²) in [6.45, 7) is 4.70. The molecule has 0 bridgehead atoms. The average Bonchev–Trinajstić information content (AvgIpc) is 3.19. The maximum atomic E-state index is 12.8. The Morgan fingerprint density at radius 3 is 2.67 bits per heavy atom. The van der Waals surface area contributed by atoms with Crippen LogP contribution in [0.15, 0.2) is 18.5 Å². The molecule has 2 rings (SSSR count). The molecule has 0 atom stereocenters. The predicted molar refractivity (Wildman–Crippen MR) is 77.2 cm³/mol. The Kier molecular flexibility index (Phi) is 5.08. The number of hydrogen-bond acceptors (Lipinski definition) is 3. The van der Waals surface area contributed by atoms with E-state index in [4.69, 9.17) is 0 Å². The van der Waals surface area contributed by atoms with Gasteiger partial charge >= 0.3 is 6.18 Å². The quantitative estimate of drug-likeness (QED) is 0.837. The van der Waals surface area contributed by atoms with Crippen molar-refractivity contribution in [1.82, 2.24) is 10.3 Å². The number of halogens is 3. The van der Waals surface area contributed by atoms with Gasteiger partial charge in [0.25, 0.3) is 0 Å². The summed E-state index contributed by atoms with van der Waals surface area (Å²) in [5, 5.41) is 3.28. The van der Waals surface area contributed by atoms with Crippen molar-refractivity contribution in [3.63, 3.8) is 0 Å². The van der Waals surface area contributed by atoms with Gasteiger partial charge in [-0.3, -0.25) is 4.98 Å². The van der Waals surface area contributed by atoms with Gasteiger partial charge in [-0.25, -0.2) is 0 Å². The molecular formula is C15H22F3N3. The first-order valence-corrected chi connectivity index (χ1v) is 7.34. The minimum atomic E-state index is -4.19. The highest BCUT2D eigenvalue weighted by atomic mass is 19.4. The van der Waals surface area contributed by atoms with E-state index in [1.54, 1.807) is 18.5 Å². The van der Waals surface area contributed by atoms with Crippen LogP contribution < -0.4 is 10.2 Å². The smallest absolute Gasteiger partial charge is 0.358 e. The molecule has 0 saturated heterocycles. The second kappa shape index (κ2) is 6.64. The second-order valence-corrected chi connectivity index (χ2v) is 6.00. The Morgan fingerprint density at radius 1 is 1.38 bits per heavy atom. The Bertz CT molecular complexity index is 456. The molecule has 21 heavy (non-hydrogen) atoms. The fourth-order valence-corrected chi connectivity index (χ4v) is 2.31. The number of rotatable bonds is 7. The topological polar surface area (TPSA) is 28.2 Å². The summed E-state index contributed by atoms with van der Waals surface area (Å²) in [5.74, 6) is 0.505. The molecule has 1 aliphatic carbocycles. The molecule has 0 spiro atoms. The number of nitrogens with zero attached hydrogens (tertiary/aromatic N) is 2. The highest BCUT2D eigenvalue weighted by Crippen LogP contribution is 2.35. The normalized spacial score (nSPS) is 15.5. The SMILES string of the molecule is CC(C)CNCc1ccncc1N(CC(F)(F)F)C1CC1. The summed E-state index contributed by atoms with van der Waals surface area (Å²) in [7, 11) is 0. The second-order valence-electron chi connectivity index (χ2n) is 6.00. The minimum Gasteiger partial charge on any atom is -0.358 e. The molecule has 1 saturated carbocycles. The van der Waals surface area contributed by atoms with Gasteiger partial charge in [-0.1, -0.05) is 13.8 Å². The molecule has 0 unspecified atom stereocenters. The Morgan fingerprint density at radius 2 is 2.10 bits per heavy atom. The molecule has 118 valence electrons. The molecule has 0 amide bonds. The molecule has 3 nitrogen and oxygen atoms in total. The largest absolute Gasteiger partial charge is 0.405 e. The average molecular weight is 301 g/mol. The molecule has 1 aromatic heterocycles. The summed E-state index contributed by atoms with van der Waals surface area (Å²) < 4.78 is 38.4. The first-order valence-electron chi connectivity index (χ1n) is 7.34. The van der Waals surface area contributed by atoms with E-state index in [1.807, 2.05) is 0 Å². The van der Waals surface area contributed by atoms with Crippen molar-refractivity contribution in [2.45, 2.75) is 45.5 Å². The van der Waals surface area contributed by atoms with Gasteiger partial charge in [0.05, 0.1) is 11.9 Å². The molecule has 6 heteroatoms. The highest BCUT2D eigenvalue weighted by molar-refractivity contribution is 5.53. The van der Waals surface area contributed by atoms with Crippen LogP contribution in [0, 0.1) is 5.92 Å². The van der Waals surface area contributed by atoms with E-state index in [9.17, 15) is 13.2 Å². The van der Waals surface area contributed by atoms with Crippen LogP contribution >= 0.6 is 0 Å². The molecule has 1 aliphatic rings. The van der Waals surface area contributed by atoms with Crippen LogP contribution in [-0.2, 0) is 6.54 Å². The van der Waals surface area contributed by atoms with Gasteiger partial charge in [0.15, 0.2) is 0 Å². The van der Waals surface area contributed by atoms with Crippen molar-refractivity contribution in [2.24, 2.45) is 5.92 Å². The van der Waals surface area contributed by atoms with Gasteiger partial charge in [-0.05, 0) is 36.9 Å². The van der Waals surface area contributed by atoms with E-state index >= 15 is 0 Å². The zero-order valence-corrected chi connectivity index (χ0v) is 12.5. The molecular weight excluding hydrogens is 279 g/mol. The van der Waals surface area contributed by atoms with Crippen molar-refractivity contribution in [3.05, 3.63) is 24.0 Å². The number of pyridine rings is 1. The van der Waals surface area contributed by atoms with Crippen LogP contribution in [0.1, 0.15) is 32.3 Å². The van der Waals surface area contributed by atoms with Crippen LogP contribution in [0.4, 0.5) is 18.9 Å². The summed E-state index contributed by atoms with van der Waals surface area (Å²) in [4.78, 5) is 5.47. The predicted octanol–water partition coefficient (Wildman–Crippen LogP) is 3.36. The zero-order valence-electron chi connectivity index (χ0n) is 12.5. The third-order valence-electron chi connectivity index (χ3n) is 3.40. The summed E-state index contributed by atoms with van der Waals surface area (Å²) in [5.41, 5.74) is 1.48. The number of alkyl halides is 3. The highest BCUT2D eigenvalue weighted by Gasteiger charge is 2.38. The van der Waals surface area contributed by atoms with Crippen molar-refractivity contribution in [2.75, 3.05) is 18.0 Å². The lowest BCUT2D eigenvalue weighted by Gasteiger charge is -2.27. The first-order chi connectivity index (χ1) is 9.87. The molecule has 1 N–H and O–H groups in total. The number of aromatic nitrogens is 1. The number of hydrogen-bond donors (Lipinski definition) is 1. The van der Waals surface area contributed by atoms with E-state index < -0.39 is 12.7 Å². The monoisotopic (exact) mass is 301 g/mol. The molecule has 0 aliphatic heterocycles. The summed E-state index contributed by atoms with van der Waals surface area (Å²) >= 11 is 0. The lowest BCUT2D eigenvalue weighted by Crippen LogP contribution is -2.37. The standard InChI is InChI=1S/C15H22F3N3/c1-11(2)7-20-8-12-5-6-19-9-14(12)21(13-3-4-13)10-15(16,17)18/h5-6,9,11,13,20H,3-4,7-8,10H2,1-2H3. The van der Waals surface area contributed by atoms with E-state index in [-0.39, 0.29) is 6.04 Å². The van der Waals surface area contributed by atoms with Crippen molar-refractivity contribution in [1.29, 1.82) is 0 Å². The van der Waals surface area contributed by atoms with Gasteiger partial charge in [0.2, 0.25) is 0 Å². The third kappa shape index (κ3) is 5.19. The van der Waals surface area contributed by atoms with Crippen LogP contribution in [0.25, 0.3) is 0 Å². The van der Waals surface area contributed by atoms with Crippen LogP contribution in [0.3, 0.4) is 0 Å². The van der Waals surface area contributed by atoms with E-state index in [0.717, 1.165) is 24.9 Å². The van der Waals surface area contributed by atoms with Crippen molar-refractivity contribution in [3.8, 4) is 0 Å². The van der Waals surface area contributed by atoms with Gasteiger partial charge in [0.1, 0.15) is 6.54 Å². The fourth-order valence-electron chi connectivity index (χ4n) is 2.31. The van der Waals surface area contributed by atoms with Gasteiger partial charge in [-0.2, -0.15) is 13.2 Å². The Balaban J connectivity index is 2.12. The fraction of sp³-hybridized carbons (Fsp3) is 0.667.